The normalized spacial score (nSPS) is 13.8. The average Bonchev–Trinajstić information content (AvgIpc) is 3.53. The van der Waals surface area contributed by atoms with Gasteiger partial charge in [0.05, 0.1) is 22.8 Å². The van der Waals surface area contributed by atoms with Crippen LogP contribution in [0.2, 0.25) is 5.02 Å². The zero-order valence-electron chi connectivity index (χ0n) is 29.8. The molecule has 0 bridgehead atoms. The monoisotopic (exact) mass is 730 g/mol. The number of nitrogens with zero attached hydrogens (tertiary/aromatic N) is 8. The van der Waals surface area contributed by atoms with Gasteiger partial charge in [0.15, 0.2) is 5.65 Å². The fourth-order valence-corrected chi connectivity index (χ4v) is 6.84. The van der Waals surface area contributed by atoms with E-state index in [2.05, 4.69) is 44.0 Å². The van der Waals surface area contributed by atoms with Crippen molar-refractivity contribution >= 4 is 39.4 Å². The predicted molar refractivity (Wildman–Crippen MR) is 210 cm³/mol. The molecule has 1 aliphatic rings. The first kappa shape index (κ1) is 36.1. The average molecular weight is 731 g/mol. The first-order valence-corrected chi connectivity index (χ1v) is 18.4. The van der Waals surface area contributed by atoms with Gasteiger partial charge in [-0.25, -0.2) is 19.6 Å². The number of rotatable bonds is 12. The van der Waals surface area contributed by atoms with Crippen molar-refractivity contribution in [2.45, 2.75) is 32.4 Å². The van der Waals surface area contributed by atoms with Crippen molar-refractivity contribution in [3.8, 4) is 28.8 Å². The number of hydrogen-bond acceptors (Lipinski definition) is 10. The molecule has 53 heavy (non-hydrogen) atoms. The lowest BCUT2D eigenvalue weighted by Gasteiger charge is -2.32. The Bertz CT molecular complexity index is 2340. The van der Waals surface area contributed by atoms with E-state index in [1.54, 1.807) is 39.6 Å². The fraction of sp³-hybridized carbons (Fsp3) is 0.325. The molecule has 0 atom stereocenters. The fourth-order valence-electron chi connectivity index (χ4n) is 6.65. The van der Waals surface area contributed by atoms with Crippen LogP contribution in [0.15, 0.2) is 77.9 Å². The van der Waals surface area contributed by atoms with E-state index in [4.69, 9.17) is 27.4 Å². The number of hydrogen-bond donors (Lipinski definition) is 3. The minimum absolute atomic E-state index is 0.111. The number of nitrogens with two attached hydrogens (primary N) is 1. The Balaban J connectivity index is 1.14. The van der Waals surface area contributed by atoms with Crippen LogP contribution in [0, 0.1) is 11.8 Å². The van der Waals surface area contributed by atoms with Gasteiger partial charge < -0.3 is 21.1 Å². The van der Waals surface area contributed by atoms with Gasteiger partial charge in [-0.05, 0) is 74.5 Å². The molecule has 3 aromatic heterocycles. The second-order valence-corrected chi connectivity index (χ2v) is 13.8. The van der Waals surface area contributed by atoms with Gasteiger partial charge in [-0.15, -0.1) is 0 Å². The Morgan fingerprint density at radius 2 is 1.74 bits per heavy atom. The maximum absolute atomic E-state index is 14.5. The van der Waals surface area contributed by atoms with Crippen molar-refractivity contribution in [2.75, 3.05) is 58.6 Å². The Morgan fingerprint density at radius 3 is 2.55 bits per heavy atom. The maximum Gasteiger partial charge on any atom is 0.263 e. The predicted octanol–water partition coefficient (Wildman–Crippen LogP) is 4.60. The zero-order chi connectivity index (χ0) is 36.7. The summed E-state index contributed by atoms with van der Waals surface area (Å²) in [6.45, 7) is 7.91. The van der Waals surface area contributed by atoms with E-state index in [0.717, 1.165) is 76.2 Å². The molecule has 1 fully saturated rings. The van der Waals surface area contributed by atoms with Gasteiger partial charge in [-0.3, -0.25) is 14.3 Å². The number of phenolic OH excluding ortho intramolecular Hbond substituents is 1. The van der Waals surface area contributed by atoms with Crippen molar-refractivity contribution in [3.05, 3.63) is 105 Å². The Morgan fingerprint density at radius 1 is 0.925 bits per heavy atom. The standard InChI is InChI=1S/C40H43ClN10O2/c1-48-21-23-49(24-22-48)20-19-43-18-7-3-2-4-9-28-11-8-13-33-35(28)40(53)50(25-30-10-5-6-12-32(30)41)34(46-33)26-51-39-36(38(42)44-27-45-39)37(47-51)29-14-16-31(52)17-15-29/h5-6,8,10-17,27,43,52H,2-3,7,18-26H2,1H3,(H2,42,44,45). The molecule has 12 nitrogen and oxygen atoms in total. The lowest BCUT2D eigenvalue weighted by Crippen LogP contribution is -2.46. The number of halogens is 1. The second kappa shape index (κ2) is 16.6. The number of nitrogen functional groups attached to an aromatic ring is 1. The van der Waals surface area contributed by atoms with Crippen LogP contribution in [-0.4, -0.2) is 97.1 Å². The van der Waals surface area contributed by atoms with Gasteiger partial charge in [0.2, 0.25) is 0 Å². The van der Waals surface area contributed by atoms with E-state index in [1.165, 1.54) is 6.33 Å². The number of anilines is 1. The SMILES string of the molecule is CN1CCN(CCNCCCCC#Cc2cccc3nc(Cn4nc(-c5ccc(O)cc5)c5c(N)ncnc54)n(Cc4ccccc4Cl)c(=O)c23)CC1. The van der Waals surface area contributed by atoms with E-state index in [0.29, 0.717) is 44.0 Å². The highest BCUT2D eigenvalue weighted by molar-refractivity contribution is 6.31. The molecule has 7 rings (SSSR count). The van der Waals surface area contributed by atoms with Crippen LogP contribution in [0.4, 0.5) is 5.82 Å². The summed E-state index contributed by atoms with van der Waals surface area (Å²) in [5.74, 6) is 7.45. The van der Waals surface area contributed by atoms with Crippen molar-refractivity contribution in [1.29, 1.82) is 0 Å². The first-order valence-electron chi connectivity index (χ1n) is 18.0. The number of phenols is 1. The summed E-state index contributed by atoms with van der Waals surface area (Å²) < 4.78 is 3.32. The molecule has 6 aromatic rings. The van der Waals surface area contributed by atoms with Crippen LogP contribution < -0.4 is 16.6 Å². The molecule has 4 N–H and O–H groups in total. The van der Waals surface area contributed by atoms with Crippen LogP contribution >= 0.6 is 11.6 Å². The van der Waals surface area contributed by atoms with E-state index in [-0.39, 0.29) is 30.2 Å². The highest BCUT2D eigenvalue weighted by Crippen LogP contribution is 2.31. The molecule has 0 aliphatic carbocycles. The van der Waals surface area contributed by atoms with Gasteiger partial charge in [0.1, 0.15) is 36.0 Å². The van der Waals surface area contributed by atoms with Gasteiger partial charge in [-0.1, -0.05) is 47.7 Å². The molecule has 0 saturated carbocycles. The zero-order valence-corrected chi connectivity index (χ0v) is 30.6. The summed E-state index contributed by atoms with van der Waals surface area (Å²) >= 11 is 6.61. The lowest BCUT2D eigenvalue weighted by atomic mass is 10.1. The molecular weight excluding hydrogens is 688 g/mol. The summed E-state index contributed by atoms with van der Waals surface area (Å²) in [6.07, 6.45) is 4.13. The topological polar surface area (TPSA) is 143 Å². The molecule has 4 heterocycles. The van der Waals surface area contributed by atoms with E-state index in [1.807, 2.05) is 36.4 Å². The van der Waals surface area contributed by atoms with Crippen LogP contribution in [0.1, 0.15) is 36.2 Å². The summed E-state index contributed by atoms with van der Waals surface area (Å²) in [5.41, 5.74) is 9.87. The molecule has 272 valence electrons. The number of fused-ring (bicyclic) bond motifs is 2. The number of nitrogens with one attached hydrogen (secondary N) is 1. The molecule has 1 aliphatic heterocycles. The number of likely N-dealkylation sites (N-methyl/N-ethyl adjacent to an activating group) is 1. The minimum atomic E-state index is -0.219. The van der Waals surface area contributed by atoms with Crippen molar-refractivity contribution in [1.82, 2.24) is 44.4 Å². The summed E-state index contributed by atoms with van der Waals surface area (Å²) in [7, 11) is 2.18. The number of aromatic hydroxyl groups is 1. The van der Waals surface area contributed by atoms with Gasteiger partial charge in [0, 0.05) is 61.8 Å². The third kappa shape index (κ3) is 8.34. The Kier molecular flexibility index (Phi) is 11.3. The second-order valence-electron chi connectivity index (χ2n) is 13.4. The van der Waals surface area contributed by atoms with E-state index < -0.39 is 0 Å². The van der Waals surface area contributed by atoms with E-state index in [9.17, 15) is 9.90 Å². The lowest BCUT2D eigenvalue weighted by molar-refractivity contribution is 0.155. The van der Waals surface area contributed by atoms with Crippen LogP contribution in [0.5, 0.6) is 5.75 Å². The largest absolute Gasteiger partial charge is 0.508 e. The summed E-state index contributed by atoms with van der Waals surface area (Å²) in [4.78, 5) is 33.2. The molecule has 0 amide bonds. The van der Waals surface area contributed by atoms with Gasteiger partial charge in [0.25, 0.3) is 5.56 Å². The van der Waals surface area contributed by atoms with Crippen LogP contribution in [0.25, 0.3) is 33.2 Å². The highest BCUT2D eigenvalue weighted by Gasteiger charge is 2.21. The number of aromatic nitrogens is 6. The van der Waals surface area contributed by atoms with Crippen LogP contribution in [0.3, 0.4) is 0 Å². The summed E-state index contributed by atoms with van der Waals surface area (Å²) in [5, 5.41) is 19.9. The van der Waals surface area contributed by atoms with Crippen molar-refractivity contribution in [2.24, 2.45) is 0 Å². The third-order valence-electron chi connectivity index (χ3n) is 9.67. The molecule has 1 saturated heterocycles. The smallest absolute Gasteiger partial charge is 0.263 e. The van der Waals surface area contributed by atoms with Gasteiger partial charge in [-0.2, -0.15) is 5.10 Å². The highest BCUT2D eigenvalue weighted by atomic mass is 35.5. The maximum atomic E-state index is 14.5. The Hall–Kier alpha value is -5.32. The van der Waals surface area contributed by atoms with Gasteiger partial charge >= 0.3 is 0 Å². The molecule has 0 spiro atoms. The minimum Gasteiger partial charge on any atom is -0.508 e. The van der Waals surface area contributed by atoms with Crippen molar-refractivity contribution < 1.29 is 5.11 Å². The molecule has 13 heteroatoms. The Labute approximate surface area is 313 Å². The first-order chi connectivity index (χ1) is 25.9. The third-order valence-corrected chi connectivity index (χ3v) is 10.0. The quantitative estimate of drug-likeness (QED) is 0.121. The molecular formula is C40H43ClN10O2. The molecule has 0 unspecified atom stereocenters. The van der Waals surface area contributed by atoms with E-state index >= 15 is 0 Å². The summed E-state index contributed by atoms with van der Waals surface area (Å²) in [6, 6.07) is 19.7. The number of benzene rings is 3. The van der Waals surface area contributed by atoms with Crippen molar-refractivity contribution in [3.63, 3.8) is 0 Å². The molecule has 0 radical (unpaired) electrons. The number of unbranched alkanes of at least 4 members (excludes halogenated alkanes) is 2. The number of piperazine rings is 1. The molecule has 3 aromatic carbocycles. The van der Waals surface area contributed by atoms with Crippen LogP contribution in [-0.2, 0) is 13.1 Å².